The van der Waals surface area contributed by atoms with E-state index in [4.69, 9.17) is 14.2 Å². The van der Waals surface area contributed by atoms with Gasteiger partial charge in [-0.1, -0.05) is 18.2 Å². The van der Waals surface area contributed by atoms with E-state index in [1.54, 1.807) is 14.2 Å². The van der Waals surface area contributed by atoms with Gasteiger partial charge in [0.05, 0.1) is 32.6 Å². The first-order valence-electron chi connectivity index (χ1n) is 9.83. The molecule has 0 saturated carbocycles. The Morgan fingerprint density at radius 1 is 1.07 bits per heavy atom. The molecular formula is C23H25NO5. The first kappa shape index (κ1) is 19.3. The van der Waals surface area contributed by atoms with Crippen molar-refractivity contribution >= 4 is 11.7 Å². The molecule has 2 heterocycles. The topological polar surface area (TPSA) is 65.1 Å². The number of ether oxygens (including phenoxy) is 3. The zero-order chi connectivity index (χ0) is 20.4. The molecule has 4 rings (SSSR count). The summed E-state index contributed by atoms with van der Waals surface area (Å²) in [5.41, 5.74) is 1.04. The summed E-state index contributed by atoms with van der Waals surface area (Å²) in [7, 11) is 3.17. The van der Waals surface area contributed by atoms with Gasteiger partial charge in [-0.3, -0.25) is 9.59 Å². The number of piperidine rings is 1. The SMILES string of the molecule is COc1ccc(CC(=O)N2CCC3(CC2)CC(=O)c2ccccc2O3)cc1OC. The van der Waals surface area contributed by atoms with Gasteiger partial charge in [-0.05, 0) is 29.8 Å². The predicted octanol–water partition coefficient (Wildman–Crippen LogP) is 3.27. The lowest BCUT2D eigenvalue weighted by molar-refractivity contribution is -0.134. The van der Waals surface area contributed by atoms with E-state index in [1.807, 2.05) is 47.4 Å². The minimum atomic E-state index is -0.494. The summed E-state index contributed by atoms with van der Waals surface area (Å²) < 4.78 is 16.8. The molecule has 0 atom stereocenters. The van der Waals surface area contributed by atoms with E-state index in [1.165, 1.54) is 0 Å². The van der Waals surface area contributed by atoms with E-state index in [9.17, 15) is 9.59 Å². The second-order valence-corrected chi connectivity index (χ2v) is 7.63. The summed E-state index contributed by atoms with van der Waals surface area (Å²) >= 11 is 0. The molecular weight excluding hydrogens is 370 g/mol. The van der Waals surface area contributed by atoms with Crippen LogP contribution in [-0.4, -0.2) is 49.5 Å². The third kappa shape index (κ3) is 3.79. The fourth-order valence-electron chi connectivity index (χ4n) is 4.16. The molecule has 1 amide bonds. The highest BCUT2D eigenvalue weighted by atomic mass is 16.5. The third-order valence-corrected chi connectivity index (χ3v) is 5.83. The normalized spacial score (nSPS) is 17.4. The number of likely N-dealkylation sites (tertiary alicyclic amines) is 1. The molecule has 0 N–H and O–H groups in total. The number of carbonyl (C=O) groups is 2. The maximum absolute atomic E-state index is 12.8. The molecule has 0 bridgehead atoms. The van der Waals surface area contributed by atoms with Crippen LogP contribution >= 0.6 is 0 Å². The number of ketones is 1. The highest BCUT2D eigenvalue weighted by Gasteiger charge is 2.43. The van der Waals surface area contributed by atoms with Crippen molar-refractivity contribution in [1.29, 1.82) is 0 Å². The summed E-state index contributed by atoms with van der Waals surface area (Å²) in [5.74, 6) is 2.10. The largest absolute Gasteiger partial charge is 0.493 e. The second kappa shape index (κ2) is 7.78. The van der Waals surface area contributed by atoms with Crippen LogP contribution in [0, 0.1) is 0 Å². The summed E-state index contributed by atoms with van der Waals surface area (Å²) in [5, 5.41) is 0. The molecule has 0 aromatic heterocycles. The number of nitrogens with zero attached hydrogens (tertiary/aromatic N) is 1. The Labute approximate surface area is 170 Å². The summed E-state index contributed by atoms with van der Waals surface area (Å²) in [6, 6.07) is 12.9. The molecule has 6 heteroatoms. The van der Waals surface area contributed by atoms with Crippen LogP contribution in [0.1, 0.15) is 35.2 Å². The lowest BCUT2D eigenvalue weighted by Gasteiger charge is -2.44. The van der Waals surface area contributed by atoms with Crippen molar-refractivity contribution in [3.8, 4) is 17.2 Å². The number of fused-ring (bicyclic) bond motifs is 1. The van der Waals surface area contributed by atoms with Gasteiger partial charge in [0.1, 0.15) is 11.4 Å². The van der Waals surface area contributed by atoms with Gasteiger partial charge in [0.15, 0.2) is 17.3 Å². The molecule has 1 spiro atoms. The fourth-order valence-corrected chi connectivity index (χ4v) is 4.16. The fraction of sp³-hybridized carbons (Fsp3) is 0.391. The summed E-state index contributed by atoms with van der Waals surface area (Å²) in [4.78, 5) is 27.2. The Morgan fingerprint density at radius 3 is 2.52 bits per heavy atom. The van der Waals surface area contributed by atoms with Gasteiger partial charge in [-0.25, -0.2) is 0 Å². The first-order chi connectivity index (χ1) is 14.0. The first-order valence-corrected chi connectivity index (χ1v) is 9.83. The van der Waals surface area contributed by atoms with E-state index in [0.29, 0.717) is 61.6 Å². The van der Waals surface area contributed by atoms with E-state index in [-0.39, 0.29) is 11.7 Å². The molecule has 152 valence electrons. The minimum Gasteiger partial charge on any atom is -0.493 e. The number of rotatable bonds is 4. The van der Waals surface area contributed by atoms with Crippen LogP contribution in [0.25, 0.3) is 0 Å². The van der Waals surface area contributed by atoms with Gasteiger partial charge in [0.2, 0.25) is 5.91 Å². The summed E-state index contributed by atoms with van der Waals surface area (Å²) in [6.07, 6.45) is 1.99. The molecule has 0 aliphatic carbocycles. The van der Waals surface area contributed by atoms with Gasteiger partial charge >= 0.3 is 0 Å². The van der Waals surface area contributed by atoms with Gasteiger partial charge in [-0.15, -0.1) is 0 Å². The van der Waals surface area contributed by atoms with Gasteiger partial charge in [0, 0.05) is 25.9 Å². The van der Waals surface area contributed by atoms with Crippen LogP contribution in [0.15, 0.2) is 42.5 Å². The quantitative estimate of drug-likeness (QED) is 0.795. The average molecular weight is 395 g/mol. The Hall–Kier alpha value is -3.02. The maximum Gasteiger partial charge on any atom is 0.226 e. The molecule has 0 radical (unpaired) electrons. The van der Waals surface area contributed by atoms with Crippen LogP contribution in [0.2, 0.25) is 0 Å². The van der Waals surface area contributed by atoms with Gasteiger partial charge in [-0.2, -0.15) is 0 Å². The van der Waals surface area contributed by atoms with Crippen molar-refractivity contribution in [1.82, 2.24) is 4.90 Å². The number of Topliss-reactive ketones (excluding diaryl/α,β-unsaturated/α-hetero) is 1. The van der Waals surface area contributed by atoms with Crippen molar-refractivity contribution < 1.29 is 23.8 Å². The molecule has 6 nitrogen and oxygen atoms in total. The molecule has 2 aliphatic rings. The molecule has 2 aromatic carbocycles. The van der Waals surface area contributed by atoms with Crippen molar-refractivity contribution in [3.63, 3.8) is 0 Å². The van der Waals surface area contributed by atoms with Crippen molar-refractivity contribution in [3.05, 3.63) is 53.6 Å². The summed E-state index contributed by atoms with van der Waals surface area (Å²) in [6.45, 7) is 1.17. The molecule has 1 saturated heterocycles. The average Bonchev–Trinajstić information content (AvgIpc) is 2.74. The second-order valence-electron chi connectivity index (χ2n) is 7.63. The minimum absolute atomic E-state index is 0.0645. The highest BCUT2D eigenvalue weighted by Crippen LogP contribution is 2.39. The number of hydrogen-bond donors (Lipinski definition) is 0. The van der Waals surface area contributed by atoms with E-state index in [2.05, 4.69) is 0 Å². The Bertz CT molecular complexity index is 931. The van der Waals surface area contributed by atoms with Crippen LogP contribution < -0.4 is 14.2 Å². The number of carbonyl (C=O) groups excluding carboxylic acids is 2. The highest BCUT2D eigenvalue weighted by molar-refractivity contribution is 6.00. The lowest BCUT2D eigenvalue weighted by atomic mass is 9.82. The number of para-hydroxylation sites is 1. The number of hydrogen-bond acceptors (Lipinski definition) is 5. The zero-order valence-corrected chi connectivity index (χ0v) is 16.8. The lowest BCUT2D eigenvalue weighted by Crippen LogP contribution is -2.52. The van der Waals surface area contributed by atoms with Crippen molar-refractivity contribution in [2.24, 2.45) is 0 Å². The Kier molecular flexibility index (Phi) is 5.18. The molecule has 2 aromatic rings. The molecule has 0 unspecified atom stereocenters. The molecule has 2 aliphatic heterocycles. The molecule has 29 heavy (non-hydrogen) atoms. The van der Waals surface area contributed by atoms with Crippen LogP contribution in [-0.2, 0) is 11.2 Å². The van der Waals surface area contributed by atoms with Crippen molar-refractivity contribution in [2.45, 2.75) is 31.3 Å². The van der Waals surface area contributed by atoms with Gasteiger partial charge < -0.3 is 19.1 Å². The van der Waals surface area contributed by atoms with E-state index < -0.39 is 5.60 Å². The third-order valence-electron chi connectivity index (χ3n) is 5.83. The number of benzene rings is 2. The number of methoxy groups -OCH3 is 2. The number of amides is 1. The monoisotopic (exact) mass is 395 g/mol. The van der Waals surface area contributed by atoms with Crippen molar-refractivity contribution in [2.75, 3.05) is 27.3 Å². The Morgan fingerprint density at radius 2 is 1.79 bits per heavy atom. The Balaban J connectivity index is 1.40. The zero-order valence-electron chi connectivity index (χ0n) is 16.8. The predicted molar refractivity (Wildman–Crippen MR) is 108 cm³/mol. The van der Waals surface area contributed by atoms with Gasteiger partial charge in [0.25, 0.3) is 0 Å². The van der Waals surface area contributed by atoms with Crippen LogP contribution in [0.3, 0.4) is 0 Å². The van der Waals surface area contributed by atoms with Crippen LogP contribution in [0.5, 0.6) is 17.2 Å². The standard InChI is InChI=1S/C23H25NO5/c1-27-20-8-7-16(13-21(20)28-2)14-22(26)24-11-9-23(10-12-24)15-18(25)17-5-3-4-6-19(17)29-23/h3-8,13H,9-12,14-15H2,1-2H3. The van der Waals surface area contributed by atoms with E-state index >= 15 is 0 Å². The van der Waals surface area contributed by atoms with Crippen LogP contribution in [0.4, 0.5) is 0 Å². The van der Waals surface area contributed by atoms with E-state index in [0.717, 1.165) is 5.56 Å². The smallest absolute Gasteiger partial charge is 0.226 e. The maximum atomic E-state index is 12.8. The molecule has 1 fully saturated rings.